The molecule has 0 fully saturated rings. The third kappa shape index (κ3) is 4.28. The van der Waals surface area contributed by atoms with E-state index in [0.29, 0.717) is 33.4 Å². The number of carbonyl (C=O) groups is 1. The van der Waals surface area contributed by atoms with Gasteiger partial charge in [0, 0.05) is 11.4 Å². The Morgan fingerprint density at radius 2 is 2.21 bits per heavy atom. The van der Waals surface area contributed by atoms with Crippen molar-refractivity contribution in [2.24, 2.45) is 0 Å². The Morgan fingerprint density at radius 3 is 2.93 bits per heavy atom. The van der Waals surface area contributed by atoms with Crippen molar-refractivity contribution in [1.29, 1.82) is 0 Å². The molecule has 0 saturated carbocycles. The molecule has 1 N–H and O–H groups in total. The standard InChI is InChI=1S/C20H21N3O3S2/c1-4-10-23-19(25)14-11-13(5-2)28-18(14)22-20(23)27-12-17(24)21-15-8-6-7-9-16(15)26-3/h4,6-9,11H,1,5,10,12H2,2-3H3,(H,21,24). The number of hydrogen-bond donors (Lipinski definition) is 1. The van der Waals surface area contributed by atoms with Crippen molar-refractivity contribution in [3.05, 3.63) is 58.2 Å². The van der Waals surface area contributed by atoms with Crippen LogP contribution in [0.5, 0.6) is 5.75 Å². The fraction of sp³-hybridized carbons (Fsp3) is 0.250. The zero-order chi connectivity index (χ0) is 20.1. The number of methoxy groups -OCH3 is 1. The van der Waals surface area contributed by atoms with Crippen molar-refractivity contribution in [3.63, 3.8) is 0 Å². The van der Waals surface area contributed by atoms with Crippen LogP contribution in [-0.4, -0.2) is 28.3 Å². The zero-order valence-electron chi connectivity index (χ0n) is 15.7. The van der Waals surface area contributed by atoms with Gasteiger partial charge in [-0.05, 0) is 24.6 Å². The highest BCUT2D eigenvalue weighted by atomic mass is 32.2. The van der Waals surface area contributed by atoms with E-state index in [-0.39, 0.29) is 17.2 Å². The Kier molecular flexibility index (Phi) is 6.53. The van der Waals surface area contributed by atoms with Gasteiger partial charge in [0.05, 0.1) is 23.9 Å². The fourth-order valence-electron chi connectivity index (χ4n) is 2.69. The number of para-hydroxylation sites is 2. The number of aromatic nitrogens is 2. The number of aryl methyl sites for hydroxylation is 1. The maximum absolute atomic E-state index is 12.8. The van der Waals surface area contributed by atoms with E-state index < -0.39 is 0 Å². The molecule has 28 heavy (non-hydrogen) atoms. The van der Waals surface area contributed by atoms with Crippen molar-refractivity contribution in [1.82, 2.24) is 9.55 Å². The first kappa shape index (κ1) is 20.2. The molecular formula is C20H21N3O3S2. The topological polar surface area (TPSA) is 73.2 Å². The molecule has 0 saturated heterocycles. The Balaban J connectivity index is 1.82. The molecule has 1 aromatic carbocycles. The van der Waals surface area contributed by atoms with E-state index in [1.165, 1.54) is 23.1 Å². The number of allylic oxidation sites excluding steroid dienone is 1. The summed E-state index contributed by atoms with van der Waals surface area (Å²) in [6.07, 6.45) is 2.51. The SMILES string of the molecule is C=CCn1c(SCC(=O)Nc2ccccc2OC)nc2sc(CC)cc2c1=O. The van der Waals surface area contributed by atoms with E-state index in [1.807, 2.05) is 25.1 Å². The molecule has 2 aromatic heterocycles. The molecule has 0 unspecified atom stereocenters. The van der Waals surface area contributed by atoms with Gasteiger partial charge < -0.3 is 10.1 Å². The third-order valence-electron chi connectivity index (χ3n) is 4.04. The molecule has 0 aliphatic carbocycles. The summed E-state index contributed by atoms with van der Waals surface area (Å²) in [5.74, 6) is 0.517. The predicted octanol–water partition coefficient (Wildman–Crippen LogP) is 3.95. The summed E-state index contributed by atoms with van der Waals surface area (Å²) < 4.78 is 6.81. The minimum atomic E-state index is -0.200. The van der Waals surface area contributed by atoms with Gasteiger partial charge in [-0.2, -0.15) is 0 Å². The zero-order valence-corrected chi connectivity index (χ0v) is 17.4. The van der Waals surface area contributed by atoms with Gasteiger partial charge in [-0.25, -0.2) is 4.98 Å². The van der Waals surface area contributed by atoms with Gasteiger partial charge in [-0.1, -0.05) is 36.9 Å². The van der Waals surface area contributed by atoms with Crippen molar-refractivity contribution in [2.75, 3.05) is 18.2 Å². The molecular weight excluding hydrogens is 394 g/mol. The number of ether oxygens (including phenoxy) is 1. The van der Waals surface area contributed by atoms with E-state index in [0.717, 1.165) is 11.3 Å². The number of thiophene rings is 1. The highest BCUT2D eigenvalue weighted by Crippen LogP contribution is 2.26. The number of carbonyl (C=O) groups excluding carboxylic acids is 1. The second kappa shape index (κ2) is 9.07. The summed E-state index contributed by atoms with van der Waals surface area (Å²) in [5.41, 5.74) is 0.502. The van der Waals surface area contributed by atoms with Crippen LogP contribution in [0.2, 0.25) is 0 Å². The first-order valence-electron chi connectivity index (χ1n) is 8.77. The molecule has 0 aliphatic heterocycles. The first-order chi connectivity index (χ1) is 13.6. The van der Waals surface area contributed by atoms with Gasteiger partial charge in [0.25, 0.3) is 5.56 Å². The lowest BCUT2D eigenvalue weighted by Gasteiger charge is -2.11. The number of nitrogens with zero attached hydrogens (tertiary/aromatic N) is 2. The van der Waals surface area contributed by atoms with Gasteiger partial charge in [-0.15, -0.1) is 17.9 Å². The van der Waals surface area contributed by atoms with Crippen molar-refractivity contribution in [3.8, 4) is 5.75 Å². The van der Waals surface area contributed by atoms with Gasteiger partial charge in [0.1, 0.15) is 10.6 Å². The van der Waals surface area contributed by atoms with E-state index in [4.69, 9.17) is 4.74 Å². The van der Waals surface area contributed by atoms with Gasteiger partial charge in [0.15, 0.2) is 5.16 Å². The Labute approximate surface area is 171 Å². The summed E-state index contributed by atoms with van der Waals surface area (Å²) in [6, 6.07) is 9.11. The van der Waals surface area contributed by atoms with E-state index in [9.17, 15) is 9.59 Å². The van der Waals surface area contributed by atoms with E-state index in [1.54, 1.807) is 29.9 Å². The molecule has 0 aliphatic rings. The van der Waals surface area contributed by atoms with Gasteiger partial charge in [-0.3, -0.25) is 14.2 Å². The lowest BCUT2D eigenvalue weighted by atomic mass is 10.3. The van der Waals surface area contributed by atoms with Crippen molar-refractivity contribution < 1.29 is 9.53 Å². The van der Waals surface area contributed by atoms with Crippen LogP contribution in [0.1, 0.15) is 11.8 Å². The third-order valence-corrected chi connectivity index (χ3v) is 6.19. The number of nitrogens with one attached hydrogen (secondary N) is 1. The highest BCUT2D eigenvalue weighted by molar-refractivity contribution is 7.99. The molecule has 1 amide bonds. The van der Waals surface area contributed by atoms with Gasteiger partial charge >= 0.3 is 0 Å². The average molecular weight is 416 g/mol. The molecule has 0 bridgehead atoms. The average Bonchev–Trinajstić information content (AvgIpc) is 3.13. The van der Waals surface area contributed by atoms with Crippen LogP contribution in [0.4, 0.5) is 5.69 Å². The van der Waals surface area contributed by atoms with Crippen LogP contribution >= 0.6 is 23.1 Å². The molecule has 0 atom stereocenters. The van der Waals surface area contributed by atoms with Gasteiger partial charge in [0.2, 0.25) is 5.91 Å². The molecule has 0 spiro atoms. The monoisotopic (exact) mass is 415 g/mol. The largest absolute Gasteiger partial charge is 0.495 e. The normalized spacial score (nSPS) is 10.8. The predicted molar refractivity (Wildman–Crippen MR) is 116 cm³/mol. The van der Waals surface area contributed by atoms with Crippen LogP contribution in [0.25, 0.3) is 10.2 Å². The van der Waals surface area contributed by atoms with Crippen LogP contribution in [0, 0.1) is 0 Å². The molecule has 8 heteroatoms. The quantitative estimate of drug-likeness (QED) is 0.343. The van der Waals surface area contributed by atoms with Crippen LogP contribution in [0.15, 0.2) is 52.9 Å². The van der Waals surface area contributed by atoms with Crippen LogP contribution < -0.4 is 15.6 Å². The Morgan fingerprint density at radius 1 is 1.43 bits per heavy atom. The number of rotatable bonds is 8. The number of anilines is 1. The number of fused-ring (bicyclic) bond motifs is 1. The Bertz CT molecular complexity index is 1070. The molecule has 6 nitrogen and oxygen atoms in total. The summed E-state index contributed by atoms with van der Waals surface area (Å²) >= 11 is 2.75. The summed E-state index contributed by atoms with van der Waals surface area (Å²) in [6.45, 7) is 6.11. The minimum absolute atomic E-state index is 0.103. The fourth-order valence-corrected chi connectivity index (χ4v) is 4.50. The first-order valence-corrected chi connectivity index (χ1v) is 10.6. The maximum Gasteiger partial charge on any atom is 0.263 e. The van der Waals surface area contributed by atoms with Crippen LogP contribution in [0.3, 0.4) is 0 Å². The number of thioether (sulfide) groups is 1. The van der Waals surface area contributed by atoms with Crippen LogP contribution in [-0.2, 0) is 17.8 Å². The number of amides is 1. The summed E-state index contributed by atoms with van der Waals surface area (Å²) in [5, 5.41) is 3.96. The van der Waals surface area contributed by atoms with E-state index in [2.05, 4.69) is 16.9 Å². The molecule has 2 heterocycles. The lowest BCUT2D eigenvalue weighted by Crippen LogP contribution is -2.23. The molecule has 0 radical (unpaired) electrons. The van der Waals surface area contributed by atoms with Crippen molar-refractivity contribution in [2.45, 2.75) is 25.0 Å². The smallest absolute Gasteiger partial charge is 0.263 e. The molecule has 3 aromatic rings. The second-order valence-corrected chi connectivity index (χ2v) is 7.98. The maximum atomic E-state index is 12.8. The summed E-state index contributed by atoms with van der Waals surface area (Å²) in [4.78, 5) is 31.7. The molecule has 146 valence electrons. The van der Waals surface area contributed by atoms with Crippen molar-refractivity contribution >= 4 is 44.9 Å². The molecule has 3 rings (SSSR count). The Hall–Kier alpha value is -2.58. The number of benzene rings is 1. The lowest BCUT2D eigenvalue weighted by molar-refractivity contribution is -0.113. The summed E-state index contributed by atoms with van der Waals surface area (Å²) in [7, 11) is 1.55. The highest BCUT2D eigenvalue weighted by Gasteiger charge is 2.15. The number of hydrogen-bond acceptors (Lipinski definition) is 6. The minimum Gasteiger partial charge on any atom is -0.495 e. The second-order valence-electron chi connectivity index (χ2n) is 5.92. The van der Waals surface area contributed by atoms with E-state index >= 15 is 0 Å².